The lowest BCUT2D eigenvalue weighted by Crippen LogP contribution is -2.31. The van der Waals surface area contributed by atoms with Crippen molar-refractivity contribution in [2.45, 2.75) is 49.9 Å². The Morgan fingerprint density at radius 1 is 1.38 bits per heavy atom. The van der Waals surface area contributed by atoms with E-state index in [1.54, 1.807) is 11.8 Å². The van der Waals surface area contributed by atoms with Crippen LogP contribution in [-0.4, -0.2) is 38.5 Å². The number of aromatic nitrogens is 4. The van der Waals surface area contributed by atoms with Crippen molar-refractivity contribution in [1.29, 1.82) is 0 Å². The first-order valence-electron chi connectivity index (χ1n) is 7.97. The van der Waals surface area contributed by atoms with Gasteiger partial charge in [0.2, 0.25) is 5.91 Å². The van der Waals surface area contributed by atoms with Gasteiger partial charge in [-0.3, -0.25) is 4.79 Å². The molecule has 1 amide bonds. The highest BCUT2D eigenvalue weighted by molar-refractivity contribution is 8.00. The Labute approximate surface area is 146 Å². The maximum Gasteiger partial charge on any atom is 0.233 e. The highest BCUT2D eigenvalue weighted by Gasteiger charge is 2.15. The van der Waals surface area contributed by atoms with E-state index in [1.807, 2.05) is 31.2 Å². The highest BCUT2D eigenvalue weighted by Crippen LogP contribution is 2.25. The monoisotopic (exact) mass is 349 g/mol. The average molecular weight is 349 g/mol. The number of ether oxygens (including phenoxy) is 1. The molecule has 2 rings (SSSR count). The molecule has 1 aromatic heterocycles. The summed E-state index contributed by atoms with van der Waals surface area (Å²) in [5, 5.41) is 14.3. The molecule has 0 saturated carbocycles. The standard InChI is InChI=1S/C16H23N5O2S/c1-4-5-10-21-15(18-19-20-21)11-17-16(22)12(2)24-14-8-6-13(23-3)7-9-14/h6-9,12H,4-5,10-11H2,1-3H3,(H,17,22)/t12-/m1/s1. The minimum atomic E-state index is -0.210. The molecule has 0 aliphatic carbocycles. The number of nitrogens with one attached hydrogen (secondary N) is 1. The molecule has 0 fully saturated rings. The number of unbranched alkanes of at least 4 members (excludes halogenated alkanes) is 1. The number of thioether (sulfide) groups is 1. The normalized spacial score (nSPS) is 12.0. The van der Waals surface area contributed by atoms with Gasteiger partial charge >= 0.3 is 0 Å². The summed E-state index contributed by atoms with van der Waals surface area (Å²) in [6, 6.07) is 7.65. The van der Waals surface area contributed by atoms with Crippen molar-refractivity contribution < 1.29 is 9.53 Å². The van der Waals surface area contributed by atoms with E-state index >= 15 is 0 Å². The van der Waals surface area contributed by atoms with E-state index in [4.69, 9.17) is 4.74 Å². The number of tetrazole rings is 1. The molecule has 0 unspecified atom stereocenters. The van der Waals surface area contributed by atoms with Crippen molar-refractivity contribution in [1.82, 2.24) is 25.5 Å². The molecule has 1 atom stereocenters. The molecule has 0 spiro atoms. The Hall–Kier alpha value is -2.09. The van der Waals surface area contributed by atoms with Gasteiger partial charge in [0, 0.05) is 11.4 Å². The first-order chi connectivity index (χ1) is 11.6. The molecule has 130 valence electrons. The topological polar surface area (TPSA) is 81.9 Å². The third-order valence-corrected chi connectivity index (χ3v) is 4.60. The molecular weight excluding hydrogens is 326 g/mol. The summed E-state index contributed by atoms with van der Waals surface area (Å²) in [6.45, 7) is 5.10. The van der Waals surface area contributed by atoms with Crippen molar-refractivity contribution in [2.24, 2.45) is 0 Å². The van der Waals surface area contributed by atoms with E-state index in [0.717, 1.165) is 30.0 Å². The molecule has 7 nitrogen and oxygen atoms in total. The van der Waals surface area contributed by atoms with Crippen LogP contribution in [0.15, 0.2) is 29.2 Å². The van der Waals surface area contributed by atoms with E-state index in [-0.39, 0.29) is 11.2 Å². The molecule has 1 aromatic carbocycles. The number of aryl methyl sites for hydroxylation is 1. The molecule has 1 N–H and O–H groups in total. The molecule has 0 saturated heterocycles. The smallest absolute Gasteiger partial charge is 0.233 e. The van der Waals surface area contributed by atoms with Crippen LogP contribution in [0, 0.1) is 0 Å². The molecule has 2 aromatic rings. The first kappa shape index (κ1) is 18.3. The van der Waals surface area contributed by atoms with Crippen LogP contribution in [0.4, 0.5) is 0 Å². The Balaban J connectivity index is 1.84. The van der Waals surface area contributed by atoms with Gasteiger partial charge in [0.1, 0.15) is 5.75 Å². The molecule has 8 heteroatoms. The highest BCUT2D eigenvalue weighted by atomic mass is 32.2. The van der Waals surface area contributed by atoms with Crippen molar-refractivity contribution in [3.8, 4) is 5.75 Å². The fourth-order valence-electron chi connectivity index (χ4n) is 2.05. The largest absolute Gasteiger partial charge is 0.497 e. The van der Waals surface area contributed by atoms with E-state index in [0.29, 0.717) is 12.4 Å². The van der Waals surface area contributed by atoms with Crippen LogP contribution >= 0.6 is 11.8 Å². The van der Waals surface area contributed by atoms with Gasteiger partial charge in [0.15, 0.2) is 5.82 Å². The van der Waals surface area contributed by atoms with Crippen LogP contribution < -0.4 is 10.1 Å². The molecule has 0 aliphatic heterocycles. The van der Waals surface area contributed by atoms with Crippen LogP contribution in [0.3, 0.4) is 0 Å². The Morgan fingerprint density at radius 2 is 2.12 bits per heavy atom. The van der Waals surface area contributed by atoms with Gasteiger partial charge in [-0.25, -0.2) is 4.68 Å². The molecule has 0 bridgehead atoms. The zero-order chi connectivity index (χ0) is 17.4. The lowest BCUT2D eigenvalue weighted by Gasteiger charge is -2.12. The second kappa shape index (κ2) is 9.27. The van der Waals surface area contributed by atoms with E-state index in [1.165, 1.54) is 11.8 Å². The number of rotatable bonds is 9. The minimum Gasteiger partial charge on any atom is -0.497 e. The van der Waals surface area contributed by atoms with Crippen LogP contribution in [0.25, 0.3) is 0 Å². The van der Waals surface area contributed by atoms with Gasteiger partial charge in [-0.2, -0.15) is 0 Å². The van der Waals surface area contributed by atoms with Crippen LogP contribution in [0.2, 0.25) is 0 Å². The molecule has 24 heavy (non-hydrogen) atoms. The number of carbonyl (C=O) groups is 1. The Kier molecular flexibility index (Phi) is 7.05. The quantitative estimate of drug-likeness (QED) is 0.700. The lowest BCUT2D eigenvalue weighted by atomic mass is 10.3. The van der Waals surface area contributed by atoms with Crippen LogP contribution in [-0.2, 0) is 17.9 Å². The molecular formula is C16H23N5O2S. The second-order valence-corrected chi connectivity index (χ2v) is 6.74. The third-order valence-electron chi connectivity index (χ3n) is 3.49. The summed E-state index contributed by atoms with van der Waals surface area (Å²) < 4.78 is 6.87. The summed E-state index contributed by atoms with van der Waals surface area (Å²) in [6.07, 6.45) is 2.08. The molecule has 0 radical (unpaired) electrons. The summed E-state index contributed by atoms with van der Waals surface area (Å²) in [5.41, 5.74) is 0. The van der Waals surface area contributed by atoms with Gasteiger partial charge in [-0.15, -0.1) is 16.9 Å². The summed E-state index contributed by atoms with van der Waals surface area (Å²) in [7, 11) is 1.63. The number of nitrogens with zero attached hydrogens (tertiary/aromatic N) is 4. The van der Waals surface area contributed by atoms with Crippen LogP contribution in [0.1, 0.15) is 32.5 Å². The van der Waals surface area contributed by atoms with Gasteiger partial charge < -0.3 is 10.1 Å². The maximum atomic E-state index is 12.3. The van der Waals surface area contributed by atoms with E-state index in [2.05, 4.69) is 27.8 Å². The van der Waals surface area contributed by atoms with Crippen molar-refractivity contribution in [3.63, 3.8) is 0 Å². The van der Waals surface area contributed by atoms with Gasteiger partial charge in [-0.05, 0) is 48.0 Å². The van der Waals surface area contributed by atoms with Crippen molar-refractivity contribution >= 4 is 17.7 Å². The lowest BCUT2D eigenvalue weighted by molar-refractivity contribution is -0.120. The first-order valence-corrected chi connectivity index (χ1v) is 8.85. The molecule has 1 heterocycles. The van der Waals surface area contributed by atoms with E-state index in [9.17, 15) is 4.79 Å². The summed E-state index contributed by atoms with van der Waals surface area (Å²) in [4.78, 5) is 13.3. The zero-order valence-corrected chi connectivity index (χ0v) is 15.0. The predicted molar refractivity (Wildman–Crippen MR) is 92.9 cm³/mol. The fraction of sp³-hybridized carbons (Fsp3) is 0.500. The second-order valence-electron chi connectivity index (χ2n) is 5.33. The average Bonchev–Trinajstić information content (AvgIpc) is 3.05. The number of methoxy groups -OCH3 is 1. The Morgan fingerprint density at radius 3 is 2.79 bits per heavy atom. The Bertz CT molecular complexity index is 644. The summed E-state index contributed by atoms with van der Waals surface area (Å²) >= 11 is 1.50. The predicted octanol–water partition coefficient (Wildman–Crippen LogP) is 2.28. The number of hydrogen-bond donors (Lipinski definition) is 1. The summed E-state index contributed by atoms with van der Waals surface area (Å²) in [5.74, 6) is 1.44. The van der Waals surface area contributed by atoms with Gasteiger partial charge in [-0.1, -0.05) is 13.3 Å². The maximum absolute atomic E-state index is 12.3. The zero-order valence-electron chi connectivity index (χ0n) is 14.2. The fourth-order valence-corrected chi connectivity index (χ4v) is 2.95. The number of benzene rings is 1. The van der Waals surface area contributed by atoms with E-state index < -0.39 is 0 Å². The van der Waals surface area contributed by atoms with Crippen molar-refractivity contribution in [2.75, 3.05) is 7.11 Å². The van der Waals surface area contributed by atoms with Crippen LogP contribution in [0.5, 0.6) is 5.75 Å². The van der Waals surface area contributed by atoms with Gasteiger partial charge in [0.25, 0.3) is 0 Å². The SMILES string of the molecule is CCCCn1nnnc1CNC(=O)[C@@H](C)Sc1ccc(OC)cc1. The number of amides is 1. The third kappa shape index (κ3) is 5.23. The van der Waals surface area contributed by atoms with Crippen molar-refractivity contribution in [3.05, 3.63) is 30.1 Å². The van der Waals surface area contributed by atoms with Gasteiger partial charge in [0.05, 0.1) is 18.9 Å². The number of hydrogen-bond acceptors (Lipinski definition) is 6. The molecule has 0 aliphatic rings. The minimum absolute atomic E-state index is 0.0409. The number of carbonyl (C=O) groups excluding carboxylic acids is 1.